The van der Waals surface area contributed by atoms with Crippen molar-refractivity contribution in [1.29, 1.82) is 0 Å². The Morgan fingerprint density at radius 3 is 2.72 bits per heavy atom. The third-order valence-corrected chi connectivity index (χ3v) is 3.91. The molecule has 0 saturated carbocycles. The lowest BCUT2D eigenvalue weighted by atomic mass is 9.88. The molecule has 0 aliphatic carbocycles. The van der Waals surface area contributed by atoms with Gasteiger partial charge in [-0.15, -0.1) is 0 Å². The van der Waals surface area contributed by atoms with Gasteiger partial charge in [-0.25, -0.2) is 0 Å². The number of hydrogen-bond acceptors (Lipinski definition) is 3. The fourth-order valence-electron chi connectivity index (χ4n) is 3.01. The van der Waals surface area contributed by atoms with E-state index >= 15 is 0 Å². The van der Waals surface area contributed by atoms with E-state index in [9.17, 15) is 9.90 Å². The number of aliphatic hydroxyl groups is 1. The fraction of sp³-hybridized carbons (Fsp3) is 0.500. The van der Waals surface area contributed by atoms with Crippen LogP contribution >= 0.6 is 0 Å². The van der Waals surface area contributed by atoms with Crippen LogP contribution in [0.1, 0.15) is 35.6 Å². The number of carbonyl (C=O) groups is 1. The fourth-order valence-corrected chi connectivity index (χ4v) is 3.01. The summed E-state index contributed by atoms with van der Waals surface area (Å²) in [5, 5.41) is 9.88. The number of nitrogens with two attached hydrogens (primary N) is 1. The highest BCUT2D eigenvalue weighted by Crippen LogP contribution is 2.37. The molecule has 1 atom stereocenters. The van der Waals surface area contributed by atoms with Crippen molar-refractivity contribution in [1.82, 2.24) is 0 Å². The SMILES string of the molecule is NCC(O)c1cc2c3c(c1)CCC(=O)N3CCC2. The lowest BCUT2D eigenvalue weighted by Crippen LogP contribution is -2.39. The molecule has 0 aromatic heterocycles. The van der Waals surface area contributed by atoms with Crippen LogP contribution in [0.15, 0.2) is 12.1 Å². The van der Waals surface area contributed by atoms with E-state index in [4.69, 9.17) is 5.73 Å². The van der Waals surface area contributed by atoms with Crippen LogP contribution in [0.4, 0.5) is 5.69 Å². The van der Waals surface area contributed by atoms with Gasteiger partial charge >= 0.3 is 0 Å². The molecule has 2 aliphatic rings. The molecule has 2 aliphatic heterocycles. The molecule has 4 heteroatoms. The zero-order valence-electron chi connectivity index (χ0n) is 10.4. The van der Waals surface area contributed by atoms with Gasteiger partial charge in [-0.2, -0.15) is 0 Å². The van der Waals surface area contributed by atoms with Gasteiger partial charge in [0.2, 0.25) is 5.91 Å². The van der Waals surface area contributed by atoms with Gasteiger partial charge in [-0.1, -0.05) is 12.1 Å². The Bertz CT molecular complexity index is 482. The van der Waals surface area contributed by atoms with Gasteiger partial charge in [0.25, 0.3) is 0 Å². The van der Waals surface area contributed by atoms with Gasteiger partial charge in [0, 0.05) is 19.5 Å². The smallest absolute Gasteiger partial charge is 0.227 e. The molecule has 1 amide bonds. The molecule has 3 N–H and O–H groups in total. The summed E-state index contributed by atoms with van der Waals surface area (Å²) >= 11 is 0. The van der Waals surface area contributed by atoms with Gasteiger partial charge in [-0.3, -0.25) is 4.79 Å². The number of aryl methyl sites for hydroxylation is 2. The Labute approximate surface area is 106 Å². The summed E-state index contributed by atoms with van der Waals surface area (Å²) in [6, 6.07) is 4.03. The van der Waals surface area contributed by atoms with Crippen LogP contribution < -0.4 is 10.6 Å². The molecule has 0 fully saturated rings. The second kappa shape index (κ2) is 4.37. The quantitative estimate of drug-likeness (QED) is 0.815. The highest BCUT2D eigenvalue weighted by Gasteiger charge is 2.29. The van der Waals surface area contributed by atoms with E-state index in [0.717, 1.165) is 37.1 Å². The maximum atomic E-state index is 11.9. The van der Waals surface area contributed by atoms with Crippen molar-refractivity contribution in [2.24, 2.45) is 5.73 Å². The molecule has 1 aromatic rings. The van der Waals surface area contributed by atoms with Crippen molar-refractivity contribution in [3.05, 3.63) is 28.8 Å². The molecular weight excluding hydrogens is 228 g/mol. The molecule has 96 valence electrons. The minimum atomic E-state index is -0.598. The zero-order chi connectivity index (χ0) is 12.7. The molecule has 4 nitrogen and oxygen atoms in total. The highest BCUT2D eigenvalue weighted by atomic mass is 16.3. The van der Waals surface area contributed by atoms with Gasteiger partial charge in [-0.05, 0) is 36.0 Å². The summed E-state index contributed by atoms with van der Waals surface area (Å²) < 4.78 is 0. The van der Waals surface area contributed by atoms with Crippen LogP contribution in [0.5, 0.6) is 0 Å². The molecule has 0 radical (unpaired) electrons. The molecule has 1 aromatic carbocycles. The van der Waals surface area contributed by atoms with Crippen LogP contribution in [0.3, 0.4) is 0 Å². The third kappa shape index (κ3) is 1.72. The summed E-state index contributed by atoms with van der Waals surface area (Å²) in [5.74, 6) is 0.232. The van der Waals surface area contributed by atoms with Crippen LogP contribution in [-0.4, -0.2) is 24.1 Å². The minimum Gasteiger partial charge on any atom is -0.387 e. The predicted octanol–water partition coefficient (Wildman–Crippen LogP) is 0.904. The maximum Gasteiger partial charge on any atom is 0.227 e. The molecular formula is C14H18N2O2. The first-order chi connectivity index (χ1) is 8.70. The van der Waals surface area contributed by atoms with Crippen LogP contribution in [0.2, 0.25) is 0 Å². The first kappa shape index (κ1) is 11.7. The summed E-state index contributed by atoms with van der Waals surface area (Å²) in [4.78, 5) is 13.8. The number of amides is 1. The first-order valence-corrected chi connectivity index (χ1v) is 6.55. The van der Waals surface area contributed by atoms with E-state index < -0.39 is 6.10 Å². The lowest BCUT2D eigenvalue weighted by molar-refractivity contribution is -0.119. The predicted molar refractivity (Wildman–Crippen MR) is 69.5 cm³/mol. The first-order valence-electron chi connectivity index (χ1n) is 6.55. The number of anilines is 1. The summed E-state index contributed by atoms with van der Waals surface area (Å²) in [6.07, 6.45) is 2.74. The average Bonchev–Trinajstić information content (AvgIpc) is 2.41. The molecule has 2 heterocycles. The lowest BCUT2D eigenvalue weighted by Gasteiger charge is -2.35. The van der Waals surface area contributed by atoms with Crippen molar-refractivity contribution >= 4 is 11.6 Å². The van der Waals surface area contributed by atoms with Crippen LogP contribution in [0, 0.1) is 0 Å². The number of carbonyl (C=O) groups excluding carboxylic acids is 1. The molecule has 1 unspecified atom stereocenters. The summed E-state index contributed by atoms with van der Waals surface area (Å²) in [6.45, 7) is 1.07. The number of aliphatic hydroxyl groups excluding tert-OH is 1. The normalized spacial score (nSPS) is 19.7. The van der Waals surface area contributed by atoms with E-state index in [2.05, 4.69) is 0 Å². The Hall–Kier alpha value is -1.39. The Morgan fingerprint density at radius 2 is 2.00 bits per heavy atom. The molecule has 18 heavy (non-hydrogen) atoms. The van der Waals surface area contributed by atoms with E-state index in [-0.39, 0.29) is 12.5 Å². The third-order valence-electron chi connectivity index (χ3n) is 3.91. The number of rotatable bonds is 2. The maximum absolute atomic E-state index is 11.9. The molecule has 0 saturated heterocycles. The van der Waals surface area contributed by atoms with Gasteiger partial charge in [0.05, 0.1) is 11.8 Å². The van der Waals surface area contributed by atoms with E-state index in [1.807, 2.05) is 17.0 Å². The standard InChI is InChI=1S/C14H18N2O2/c15-8-12(17)11-6-9-2-1-5-16-13(18)4-3-10(7-11)14(9)16/h6-7,12,17H,1-5,8,15H2. The number of hydrogen-bond donors (Lipinski definition) is 2. The summed E-state index contributed by atoms with van der Waals surface area (Å²) in [7, 11) is 0. The van der Waals surface area contributed by atoms with E-state index in [0.29, 0.717) is 6.42 Å². The summed E-state index contributed by atoms with van der Waals surface area (Å²) in [5.41, 5.74) is 9.89. The monoisotopic (exact) mass is 246 g/mol. The van der Waals surface area contributed by atoms with Crippen molar-refractivity contribution in [2.45, 2.75) is 31.8 Å². The van der Waals surface area contributed by atoms with Crippen LogP contribution in [0.25, 0.3) is 0 Å². The zero-order valence-corrected chi connectivity index (χ0v) is 10.4. The van der Waals surface area contributed by atoms with Crippen molar-refractivity contribution in [3.63, 3.8) is 0 Å². The van der Waals surface area contributed by atoms with Gasteiger partial charge < -0.3 is 15.7 Å². The molecule has 0 spiro atoms. The van der Waals surface area contributed by atoms with E-state index in [1.165, 1.54) is 11.1 Å². The average molecular weight is 246 g/mol. The number of benzene rings is 1. The second-order valence-electron chi connectivity index (χ2n) is 5.09. The van der Waals surface area contributed by atoms with Crippen molar-refractivity contribution < 1.29 is 9.90 Å². The second-order valence-corrected chi connectivity index (χ2v) is 5.09. The topological polar surface area (TPSA) is 66.6 Å². The van der Waals surface area contributed by atoms with Crippen molar-refractivity contribution in [2.75, 3.05) is 18.0 Å². The van der Waals surface area contributed by atoms with Gasteiger partial charge in [0.1, 0.15) is 0 Å². The van der Waals surface area contributed by atoms with Crippen LogP contribution in [-0.2, 0) is 17.6 Å². The Kier molecular flexibility index (Phi) is 2.84. The molecule has 0 bridgehead atoms. The highest BCUT2D eigenvalue weighted by molar-refractivity contribution is 5.97. The Morgan fingerprint density at radius 1 is 1.28 bits per heavy atom. The van der Waals surface area contributed by atoms with Gasteiger partial charge in [0.15, 0.2) is 0 Å². The van der Waals surface area contributed by atoms with E-state index in [1.54, 1.807) is 0 Å². The molecule has 3 rings (SSSR count). The minimum absolute atomic E-state index is 0.232. The Balaban J connectivity index is 2.11. The number of nitrogens with zero attached hydrogens (tertiary/aromatic N) is 1. The largest absolute Gasteiger partial charge is 0.387 e. The van der Waals surface area contributed by atoms with Crippen molar-refractivity contribution in [3.8, 4) is 0 Å².